The standard InChI is InChI=1S/C19H21Cl2NO4/c1-3-24-15-5-7-16(8-6-15)25-11-10-22-19(23)13(2)26-18-9-4-14(20)12-17(18)21/h4-9,12-13H,3,10-11H2,1-2H3,(H,22,23). The summed E-state index contributed by atoms with van der Waals surface area (Å²) in [5, 5.41) is 3.62. The summed E-state index contributed by atoms with van der Waals surface area (Å²) < 4.78 is 16.5. The van der Waals surface area contributed by atoms with Crippen LogP contribution in [0.25, 0.3) is 0 Å². The summed E-state index contributed by atoms with van der Waals surface area (Å²) in [7, 11) is 0. The van der Waals surface area contributed by atoms with Crippen molar-refractivity contribution in [1.29, 1.82) is 0 Å². The van der Waals surface area contributed by atoms with Crippen LogP contribution in [0.5, 0.6) is 17.2 Å². The zero-order valence-electron chi connectivity index (χ0n) is 14.6. The highest BCUT2D eigenvalue weighted by Crippen LogP contribution is 2.28. The van der Waals surface area contributed by atoms with Gasteiger partial charge in [-0.2, -0.15) is 0 Å². The monoisotopic (exact) mass is 397 g/mol. The van der Waals surface area contributed by atoms with E-state index in [1.807, 2.05) is 31.2 Å². The molecule has 7 heteroatoms. The minimum absolute atomic E-state index is 0.258. The molecule has 26 heavy (non-hydrogen) atoms. The summed E-state index contributed by atoms with van der Waals surface area (Å²) in [6, 6.07) is 12.2. The van der Waals surface area contributed by atoms with Crippen molar-refractivity contribution in [2.24, 2.45) is 0 Å². The Morgan fingerprint density at radius 2 is 1.73 bits per heavy atom. The van der Waals surface area contributed by atoms with E-state index in [1.54, 1.807) is 25.1 Å². The van der Waals surface area contributed by atoms with Crippen LogP contribution in [0.15, 0.2) is 42.5 Å². The van der Waals surface area contributed by atoms with Gasteiger partial charge in [0.25, 0.3) is 5.91 Å². The van der Waals surface area contributed by atoms with Crippen molar-refractivity contribution < 1.29 is 19.0 Å². The van der Waals surface area contributed by atoms with Crippen LogP contribution in [-0.2, 0) is 4.79 Å². The fourth-order valence-electron chi connectivity index (χ4n) is 2.10. The fraction of sp³-hybridized carbons (Fsp3) is 0.316. The molecule has 0 aromatic heterocycles. The molecule has 0 saturated heterocycles. The van der Waals surface area contributed by atoms with Gasteiger partial charge < -0.3 is 19.5 Å². The third-order valence-electron chi connectivity index (χ3n) is 3.37. The van der Waals surface area contributed by atoms with E-state index in [4.69, 9.17) is 37.4 Å². The molecule has 2 aromatic rings. The minimum Gasteiger partial charge on any atom is -0.494 e. The first-order valence-electron chi connectivity index (χ1n) is 8.24. The molecule has 1 N–H and O–H groups in total. The number of nitrogens with one attached hydrogen (secondary N) is 1. The third kappa shape index (κ3) is 6.32. The maximum atomic E-state index is 12.1. The predicted molar refractivity (Wildman–Crippen MR) is 103 cm³/mol. The van der Waals surface area contributed by atoms with Crippen LogP contribution in [0.3, 0.4) is 0 Å². The summed E-state index contributed by atoms with van der Waals surface area (Å²) >= 11 is 11.9. The molecule has 0 aliphatic rings. The van der Waals surface area contributed by atoms with E-state index < -0.39 is 6.10 Å². The van der Waals surface area contributed by atoms with Gasteiger partial charge in [-0.05, 0) is 56.3 Å². The van der Waals surface area contributed by atoms with Crippen LogP contribution in [-0.4, -0.2) is 31.8 Å². The lowest BCUT2D eigenvalue weighted by Crippen LogP contribution is -2.38. The number of hydrogen-bond acceptors (Lipinski definition) is 4. The molecule has 0 aliphatic heterocycles. The largest absolute Gasteiger partial charge is 0.494 e. The van der Waals surface area contributed by atoms with Crippen LogP contribution in [0, 0.1) is 0 Å². The molecular formula is C19H21Cl2NO4. The van der Waals surface area contributed by atoms with Crippen LogP contribution < -0.4 is 19.5 Å². The molecule has 2 aromatic carbocycles. The molecule has 0 heterocycles. The van der Waals surface area contributed by atoms with E-state index in [-0.39, 0.29) is 5.91 Å². The molecule has 1 amide bonds. The lowest BCUT2D eigenvalue weighted by atomic mass is 10.3. The first kappa shape index (κ1) is 20.2. The molecule has 2 rings (SSSR count). The van der Waals surface area contributed by atoms with Gasteiger partial charge in [0, 0.05) is 5.02 Å². The van der Waals surface area contributed by atoms with Gasteiger partial charge in [0.05, 0.1) is 18.2 Å². The molecule has 5 nitrogen and oxygen atoms in total. The molecule has 0 aliphatic carbocycles. The van der Waals surface area contributed by atoms with Gasteiger partial charge in [-0.3, -0.25) is 4.79 Å². The summed E-state index contributed by atoms with van der Waals surface area (Å²) in [5.41, 5.74) is 0. The first-order chi connectivity index (χ1) is 12.5. The van der Waals surface area contributed by atoms with Gasteiger partial charge in [-0.15, -0.1) is 0 Å². The molecule has 1 atom stereocenters. The van der Waals surface area contributed by atoms with Gasteiger partial charge >= 0.3 is 0 Å². The summed E-state index contributed by atoms with van der Waals surface area (Å²) in [6.45, 7) is 4.89. The normalized spacial score (nSPS) is 11.5. The highest BCUT2D eigenvalue weighted by Gasteiger charge is 2.15. The van der Waals surface area contributed by atoms with Crippen molar-refractivity contribution in [1.82, 2.24) is 5.32 Å². The number of amides is 1. The molecule has 0 bridgehead atoms. The van der Waals surface area contributed by atoms with Crippen LogP contribution >= 0.6 is 23.2 Å². The molecule has 140 valence electrons. The highest BCUT2D eigenvalue weighted by atomic mass is 35.5. The second kappa shape index (κ2) is 10.1. The Hall–Kier alpha value is -2.11. The molecule has 0 radical (unpaired) electrons. The number of halogens is 2. The SMILES string of the molecule is CCOc1ccc(OCCNC(=O)C(C)Oc2ccc(Cl)cc2Cl)cc1. The minimum atomic E-state index is -0.695. The average molecular weight is 398 g/mol. The summed E-state index contributed by atoms with van der Waals surface area (Å²) in [6.07, 6.45) is -0.695. The highest BCUT2D eigenvalue weighted by molar-refractivity contribution is 6.35. The maximum absolute atomic E-state index is 12.1. The Bertz CT molecular complexity index is 722. The van der Waals surface area contributed by atoms with Crippen molar-refractivity contribution >= 4 is 29.1 Å². The number of carbonyl (C=O) groups excluding carboxylic acids is 1. The van der Waals surface area contributed by atoms with E-state index in [9.17, 15) is 4.79 Å². The molecule has 0 saturated carbocycles. The zero-order valence-corrected chi connectivity index (χ0v) is 16.1. The van der Waals surface area contributed by atoms with Gasteiger partial charge in [0.15, 0.2) is 6.10 Å². The van der Waals surface area contributed by atoms with E-state index >= 15 is 0 Å². The maximum Gasteiger partial charge on any atom is 0.260 e. The van der Waals surface area contributed by atoms with Gasteiger partial charge in [0.2, 0.25) is 0 Å². The Balaban J connectivity index is 1.72. The third-order valence-corrected chi connectivity index (χ3v) is 3.90. The topological polar surface area (TPSA) is 56.8 Å². The van der Waals surface area contributed by atoms with Crippen LogP contribution in [0.1, 0.15) is 13.8 Å². The van der Waals surface area contributed by atoms with Crippen molar-refractivity contribution in [3.05, 3.63) is 52.5 Å². The molecular weight excluding hydrogens is 377 g/mol. The predicted octanol–water partition coefficient (Wildman–Crippen LogP) is 4.35. The van der Waals surface area contributed by atoms with Crippen molar-refractivity contribution in [2.75, 3.05) is 19.8 Å². The van der Waals surface area contributed by atoms with E-state index in [1.165, 1.54) is 0 Å². The summed E-state index contributed by atoms with van der Waals surface area (Å²) in [5.74, 6) is 1.65. The molecule has 0 fully saturated rings. The average Bonchev–Trinajstić information content (AvgIpc) is 2.62. The van der Waals surface area contributed by atoms with Crippen molar-refractivity contribution in [3.63, 3.8) is 0 Å². The number of benzene rings is 2. The van der Waals surface area contributed by atoms with Gasteiger partial charge in [-0.25, -0.2) is 0 Å². The number of ether oxygens (including phenoxy) is 3. The molecule has 1 unspecified atom stereocenters. The second-order valence-electron chi connectivity index (χ2n) is 5.38. The quantitative estimate of drug-likeness (QED) is 0.638. The van der Waals surface area contributed by atoms with Crippen LogP contribution in [0.2, 0.25) is 10.0 Å². The molecule has 0 spiro atoms. The van der Waals surface area contributed by atoms with E-state index in [2.05, 4.69) is 5.32 Å². The lowest BCUT2D eigenvalue weighted by Gasteiger charge is -2.16. The Morgan fingerprint density at radius 3 is 2.35 bits per heavy atom. The lowest BCUT2D eigenvalue weighted by molar-refractivity contribution is -0.127. The second-order valence-corrected chi connectivity index (χ2v) is 6.22. The smallest absolute Gasteiger partial charge is 0.260 e. The van der Waals surface area contributed by atoms with Crippen molar-refractivity contribution in [3.8, 4) is 17.2 Å². The van der Waals surface area contributed by atoms with Crippen molar-refractivity contribution in [2.45, 2.75) is 20.0 Å². The Labute approximate surface area is 163 Å². The van der Waals surface area contributed by atoms with Gasteiger partial charge in [-0.1, -0.05) is 23.2 Å². The summed E-state index contributed by atoms with van der Waals surface area (Å²) in [4.78, 5) is 12.1. The van der Waals surface area contributed by atoms with Crippen LogP contribution in [0.4, 0.5) is 0 Å². The number of rotatable bonds is 9. The fourth-order valence-corrected chi connectivity index (χ4v) is 2.55. The van der Waals surface area contributed by atoms with E-state index in [0.717, 1.165) is 5.75 Å². The number of hydrogen-bond donors (Lipinski definition) is 1. The Kier molecular flexibility index (Phi) is 7.88. The van der Waals surface area contributed by atoms with Gasteiger partial charge in [0.1, 0.15) is 23.9 Å². The number of carbonyl (C=O) groups is 1. The van der Waals surface area contributed by atoms with E-state index in [0.29, 0.717) is 41.3 Å². The Morgan fingerprint density at radius 1 is 1.08 bits per heavy atom. The first-order valence-corrected chi connectivity index (χ1v) is 9.00. The zero-order chi connectivity index (χ0) is 18.9.